The fourth-order valence-electron chi connectivity index (χ4n) is 4.54. The SMILES string of the molecule is CC[C@H]1CCOC(=O)C[C@@H]1[C@H](/C=C\N(C(=O)OC(C)(C)C)c1ccc(OC)cc1)c1ccccc1. The Morgan fingerprint density at radius 3 is 2.43 bits per heavy atom. The van der Waals surface area contributed by atoms with Crippen LogP contribution in [0.25, 0.3) is 0 Å². The third-order valence-electron chi connectivity index (χ3n) is 6.31. The molecule has 0 radical (unpaired) electrons. The molecule has 0 N–H and O–H groups in total. The lowest BCUT2D eigenvalue weighted by molar-refractivity contribution is -0.143. The minimum Gasteiger partial charge on any atom is -0.497 e. The van der Waals surface area contributed by atoms with Gasteiger partial charge >= 0.3 is 12.1 Å². The second kappa shape index (κ2) is 11.9. The molecule has 6 heteroatoms. The molecule has 0 saturated carbocycles. The number of methoxy groups -OCH3 is 1. The highest BCUT2D eigenvalue weighted by molar-refractivity contribution is 5.90. The van der Waals surface area contributed by atoms with Crippen molar-refractivity contribution in [2.45, 2.75) is 58.5 Å². The quantitative estimate of drug-likeness (QED) is 0.413. The molecule has 0 aliphatic carbocycles. The summed E-state index contributed by atoms with van der Waals surface area (Å²) in [4.78, 5) is 27.2. The van der Waals surface area contributed by atoms with E-state index in [1.165, 1.54) is 4.90 Å². The molecular weight excluding hydrogens is 442 g/mol. The van der Waals surface area contributed by atoms with Crippen molar-refractivity contribution in [3.05, 3.63) is 72.4 Å². The van der Waals surface area contributed by atoms with Gasteiger partial charge in [-0.25, -0.2) is 4.79 Å². The Morgan fingerprint density at radius 1 is 1.14 bits per heavy atom. The van der Waals surface area contributed by atoms with E-state index >= 15 is 0 Å². The maximum Gasteiger partial charge on any atom is 0.418 e. The summed E-state index contributed by atoms with van der Waals surface area (Å²) in [5.74, 6) is 0.846. The van der Waals surface area contributed by atoms with E-state index in [1.54, 1.807) is 13.3 Å². The third-order valence-corrected chi connectivity index (χ3v) is 6.31. The molecule has 0 unspecified atom stereocenters. The minimum atomic E-state index is -0.646. The van der Waals surface area contributed by atoms with E-state index in [0.717, 1.165) is 18.4 Å². The van der Waals surface area contributed by atoms with Gasteiger partial charge in [0.05, 0.1) is 19.4 Å². The second-order valence-electron chi connectivity index (χ2n) is 9.87. The van der Waals surface area contributed by atoms with Gasteiger partial charge in [0.15, 0.2) is 0 Å². The van der Waals surface area contributed by atoms with Gasteiger partial charge in [-0.1, -0.05) is 49.8 Å². The highest BCUT2D eigenvalue weighted by Gasteiger charge is 2.33. The summed E-state index contributed by atoms with van der Waals surface area (Å²) in [6, 6.07) is 17.4. The van der Waals surface area contributed by atoms with Gasteiger partial charge in [-0.3, -0.25) is 9.69 Å². The molecular formula is C29H37NO5. The summed E-state index contributed by atoms with van der Waals surface area (Å²) in [5.41, 5.74) is 1.11. The van der Waals surface area contributed by atoms with Crippen molar-refractivity contribution in [1.29, 1.82) is 0 Å². The molecule has 2 aromatic carbocycles. The normalized spacial score (nSPS) is 19.5. The first-order valence-electron chi connectivity index (χ1n) is 12.3. The molecule has 35 heavy (non-hydrogen) atoms. The number of rotatable bonds is 7. The van der Waals surface area contributed by atoms with Crippen molar-refractivity contribution < 1.29 is 23.8 Å². The Kier molecular flexibility index (Phi) is 8.96. The highest BCUT2D eigenvalue weighted by Crippen LogP contribution is 2.39. The van der Waals surface area contributed by atoms with E-state index < -0.39 is 11.7 Å². The van der Waals surface area contributed by atoms with Crippen LogP contribution >= 0.6 is 0 Å². The van der Waals surface area contributed by atoms with Crippen LogP contribution in [-0.2, 0) is 14.3 Å². The molecule has 6 nitrogen and oxygen atoms in total. The van der Waals surface area contributed by atoms with E-state index in [1.807, 2.05) is 69.3 Å². The number of hydrogen-bond donors (Lipinski definition) is 0. The van der Waals surface area contributed by atoms with E-state index in [0.29, 0.717) is 30.4 Å². The maximum atomic E-state index is 13.2. The number of amides is 1. The smallest absolute Gasteiger partial charge is 0.418 e. The Hall–Kier alpha value is -3.28. The first kappa shape index (κ1) is 26.3. The third kappa shape index (κ3) is 7.35. The van der Waals surface area contributed by atoms with E-state index in [-0.39, 0.29) is 17.8 Å². The predicted octanol–water partition coefficient (Wildman–Crippen LogP) is 6.71. The molecule has 1 amide bonds. The van der Waals surface area contributed by atoms with Crippen molar-refractivity contribution in [2.75, 3.05) is 18.6 Å². The van der Waals surface area contributed by atoms with Crippen molar-refractivity contribution in [3.63, 3.8) is 0 Å². The Bertz CT molecular complexity index is 994. The van der Waals surface area contributed by atoms with Gasteiger partial charge in [0, 0.05) is 18.5 Å². The number of benzene rings is 2. The summed E-state index contributed by atoms with van der Waals surface area (Å²) in [5, 5.41) is 0. The number of carbonyl (C=O) groups excluding carboxylic acids is 2. The summed E-state index contributed by atoms with van der Waals surface area (Å²) in [7, 11) is 1.60. The maximum absolute atomic E-state index is 13.2. The summed E-state index contributed by atoms with van der Waals surface area (Å²) >= 11 is 0. The summed E-state index contributed by atoms with van der Waals surface area (Å²) in [6.07, 6.45) is 5.45. The fraction of sp³-hybridized carbons (Fsp3) is 0.448. The van der Waals surface area contributed by atoms with Crippen LogP contribution in [-0.4, -0.2) is 31.4 Å². The lowest BCUT2D eigenvalue weighted by Gasteiger charge is -2.30. The predicted molar refractivity (Wildman–Crippen MR) is 137 cm³/mol. The first-order chi connectivity index (χ1) is 16.7. The summed E-state index contributed by atoms with van der Waals surface area (Å²) < 4.78 is 16.4. The van der Waals surface area contributed by atoms with Crippen molar-refractivity contribution in [2.24, 2.45) is 11.8 Å². The van der Waals surface area contributed by atoms with Gasteiger partial charge in [-0.2, -0.15) is 0 Å². The average Bonchev–Trinajstić information content (AvgIpc) is 3.02. The van der Waals surface area contributed by atoms with Crippen LogP contribution in [0.2, 0.25) is 0 Å². The van der Waals surface area contributed by atoms with Crippen LogP contribution in [0.15, 0.2) is 66.9 Å². The Morgan fingerprint density at radius 2 is 1.83 bits per heavy atom. The standard InChI is InChI=1S/C29H37NO5/c1-6-21-17-19-34-27(31)20-26(21)25(22-10-8-7-9-11-22)16-18-30(28(32)35-29(2,3)4)23-12-14-24(33-5)15-13-23/h7-16,18,21,25-26H,6,17,19-20H2,1-5H3/b18-16-/t21-,25+,26-/m0/s1. The Labute approximate surface area is 208 Å². The molecule has 0 spiro atoms. The van der Waals surface area contributed by atoms with Gasteiger partial charge in [0.2, 0.25) is 0 Å². The lowest BCUT2D eigenvalue weighted by atomic mass is 9.74. The molecule has 1 fully saturated rings. The molecule has 0 bridgehead atoms. The molecule has 1 saturated heterocycles. The summed E-state index contributed by atoms with van der Waals surface area (Å²) in [6.45, 7) is 8.14. The second-order valence-corrected chi connectivity index (χ2v) is 9.87. The minimum absolute atomic E-state index is 0.0602. The number of cyclic esters (lactones) is 1. The van der Waals surface area contributed by atoms with Crippen molar-refractivity contribution in [1.82, 2.24) is 0 Å². The van der Waals surface area contributed by atoms with Crippen LogP contribution in [0.4, 0.5) is 10.5 Å². The van der Waals surface area contributed by atoms with Gasteiger partial charge in [-0.05, 0) is 68.9 Å². The fourth-order valence-corrected chi connectivity index (χ4v) is 4.54. The van der Waals surface area contributed by atoms with E-state index in [9.17, 15) is 9.59 Å². The lowest BCUT2D eigenvalue weighted by Crippen LogP contribution is -2.33. The zero-order valence-corrected chi connectivity index (χ0v) is 21.4. The van der Waals surface area contributed by atoms with Gasteiger partial charge in [0.1, 0.15) is 11.4 Å². The number of ether oxygens (including phenoxy) is 3. The van der Waals surface area contributed by atoms with E-state index in [4.69, 9.17) is 14.2 Å². The van der Waals surface area contributed by atoms with E-state index in [2.05, 4.69) is 19.1 Å². The number of hydrogen-bond acceptors (Lipinski definition) is 5. The molecule has 3 rings (SSSR count). The van der Waals surface area contributed by atoms with Gasteiger partial charge < -0.3 is 14.2 Å². The van der Waals surface area contributed by atoms with Crippen LogP contribution in [0.1, 0.15) is 58.4 Å². The topological polar surface area (TPSA) is 65.1 Å². The van der Waals surface area contributed by atoms with Gasteiger partial charge in [-0.15, -0.1) is 0 Å². The van der Waals surface area contributed by atoms with Crippen LogP contribution < -0.4 is 9.64 Å². The molecule has 3 atom stereocenters. The van der Waals surface area contributed by atoms with Crippen molar-refractivity contribution >= 4 is 17.7 Å². The van der Waals surface area contributed by atoms with Crippen LogP contribution in [0.3, 0.4) is 0 Å². The molecule has 1 heterocycles. The zero-order chi connectivity index (χ0) is 25.4. The number of esters is 1. The molecule has 2 aromatic rings. The molecule has 0 aromatic heterocycles. The average molecular weight is 480 g/mol. The number of nitrogens with zero attached hydrogens (tertiary/aromatic N) is 1. The molecule has 1 aliphatic rings. The number of allylic oxidation sites excluding steroid dienone is 1. The monoisotopic (exact) mass is 479 g/mol. The molecule has 1 aliphatic heterocycles. The van der Waals surface area contributed by atoms with Crippen LogP contribution in [0.5, 0.6) is 5.75 Å². The largest absolute Gasteiger partial charge is 0.497 e. The number of carbonyl (C=O) groups is 2. The Balaban J connectivity index is 2.02. The van der Waals surface area contributed by atoms with Gasteiger partial charge in [0.25, 0.3) is 0 Å². The number of anilines is 1. The van der Waals surface area contributed by atoms with Crippen molar-refractivity contribution in [3.8, 4) is 5.75 Å². The first-order valence-corrected chi connectivity index (χ1v) is 12.3. The zero-order valence-electron chi connectivity index (χ0n) is 21.4. The highest BCUT2D eigenvalue weighted by atomic mass is 16.6. The molecule has 188 valence electrons. The van der Waals surface area contributed by atoms with Crippen LogP contribution in [0, 0.1) is 11.8 Å².